The maximum absolute atomic E-state index is 13.3. The van der Waals surface area contributed by atoms with Crippen molar-refractivity contribution in [1.29, 1.82) is 0 Å². The number of carbonyl (C=O) groups excluding carboxylic acids is 2. The van der Waals surface area contributed by atoms with E-state index in [0.29, 0.717) is 32.1 Å². The van der Waals surface area contributed by atoms with Crippen LogP contribution in [0.15, 0.2) is 0 Å². The van der Waals surface area contributed by atoms with Crippen molar-refractivity contribution in [2.45, 2.75) is 70.8 Å². The minimum atomic E-state index is -5.55. The van der Waals surface area contributed by atoms with Gasteiger partial charge in [-0.2, -0.15) is 17.6 Å². The van der Waals surface area contributed by atoms with E-state index in [1.165, 1.54) is 0 Å². The third-order valence-corrected chi connectivity index (χ3v) is 4.87. The lowest BCUT2D eigenvalue weighted by Gasteiger charge is -2.31. The number of carboxylic acids is 1. The number of hydrogen-bond acceptors (Lipinski definition) is 5. The number of carbonyl (C=O) groups is 3. The van der Waals surface area contributed by atoms with Gasteiger partial charge in [0.1, 0.15) is 6.10 Å². The first-order valence-corrected chi connectivity index (χ1v) is 8.63. The zero-order valence-electron chi connectivity index (χ0n) is 15.4. The smallest absolute Gasteiger partial charge is 0.415 e. The molecule has 0 unspecified atom stereocenters. The van der Waals surface area contributed by atoms with Crippen LogP contribution in [0.1, 0.15) is 52.9 Å². The largest absolute Gasteiger partial charge is 0.477 e. The maximum Gasteiger partial charge on any atom is 0.415 e. The van der Waals surface area contributed by atoms with E-state index in [1.54, 1.807) is 13.8 Å². The number of rotatable bonds is 8. The van der Waals surface area contributed by atoms with Crippen LogP contribution < -0.4 is 0 Å². The molecule has 156 valence electrons. The Bertz CT molecular complexity index is 568. The first kappa shape index (κ1) is 23.2. The molecule has 27 heavy (non-hydrogen) atoms. The van der Waals surface area contributed by atoms with Gasteiger partial charge in [-0.1, -0.05) is 6.92 Å². The van der Waals surface area contributed by atoms with E-state index in [9.17, 15) is 31.9 Å². The molecule has 0 atom stereocenters. The molecule has 0 saturated heterocycles. The van der Waals surface area contributed by atoms with Crippen LogP contribution in [-0.4, -0.2) is 47.6 Å². The van der Waals surface area contributed by atoms with Gasteiger partial charge in [0.2, 0.25) is 0 Å². The van der Waals surface area contributed by atoms with Crippen LogP contribution in [0.25, 0.3) is 0 Å². The standard InChI is InChI=1S/C17H24F4O6/c1-4-15(2,3)13(24)27-11-7-5-10(6-8-11)9-26-14(25)17(20,21)16(18,19)12(22)23/h10-11H,4-9H2,1-3H3,(H,22,23). The van der Waals surface area contributed by atoms with E-state index >= 15 is 0 Å². The predicted octanol–water partition coefficient (Wildman–Crippen LogP) is 3.42. The Labute approximate surface area is 154 Å². The Morgan fingerprint density at radius 2 is 1.48 bits per heavy atom. The van der Waals surface area contributed by atoms with E-state index in [2.05, 4.69) is 4.74 Å². The fourth-order valence-electron chi connectivity index (χ4n) is 2.42. The number of hydrogen-bond donors (Lipinski definition) is 1. The predicted molar refractivity (Wildman–Crippen MR) is 84.4 cm³/mol. The van der Waals surface area contributed by atoms with Crippen molar-refractivity contribution in [2.75, 3.05) is 6.61 Å². The van der Waals surface area contributed by atoms with Crippen molar-refractivity contribution in [3.05, 3.63) is 0 Å². The maximum atomic E-state index is 13.3. The summed E-state index contributed by atoms with van der Waals surface area (Å²) in [5.41, 5.74) is -0.618. The van der Waals surface area contributed by atoms with Crippen LogP contribution in [0.4, 0.5) is 17.6 Å². The third kappa shape index (κ3) is 5.32. The number of aliphatic carboxylic acids is 1. The Morgan fingerprint density at radius 3 is 1.93 bits per heavy atom. The fraction of sp³-hybridized carbons (Fsp3) is 0.824. The molecule has 1 aliphatic rings. The first-order valence-electron chi connectivity index (χ1n) is 8.63. The highest BCUT2D eigenvalue weighted by Gasteiger charge is 2.68. The molecule has 0 bridgehead atoms. The molecule has 0 radical (unpaired) electrons. The molecule has 6 nitrogen and oxygen atoms in total. The molecule has 1 rings (SSSR count). The highest BCUT2D eigenvalue weighted by Crippen LogP contribution is 2.36. The van der Waals surface area contributed by atoms with Crippen LogP contribution in [0.3, 0.4) is 0 Å². The van der Waals surface area contributed by atoms with Crippen molar-refractivity contribution in [3.8, 4) is 0 Å². The third-order valence-electron chi connectivity index (χ3n) is 4.87. The lowest BCUT2D eigenvalue weighted by Crippen LogP contribution is -2.53. The Kier molecular flexibility index (Phi) is 7.24. The molecule has 1 saturated carbocycles. The second kappa shape index (κ2) is 8.43. The Morgan fingerprint density at radius 1 is 0.963 bits per heavy atom. The van der Waals surface area contributed by atoms with E-state index in [0.717, 1.165) is 0 Å². The molecular formula is C17H24F4O6. The number of halogens is 4. The number of ether oxygens (including phenoxy) is 2. The molecule has 0 aromatic carbocycles. The summed E-state index contributed by atoms with van der Waals surface area (Å²) in [6, 6.07) is 0. The lowest BCUT2D eigenvalue weighted by atomic mass is 9.87. The summed E-state index contributed by atoms with van der Waals surface area (Å²) >= 11 is 0. The van der Waals surface area contributed by atoms with Crippen LogP contribution in [0.2, 0.25) is 0 Å². The molecule has 1 N–H and O–H groups in total. The van der Waals surface area contributed by atoms with Crippen molar-refractivity contribution in [1.82, 2.24) is 0 Å². The van der Waals surface area contributed by atoms with E-state index in [4.69, 9.17) is 9.84 Å². The molecule has 0 heterocycles. The summed E-state index contributed by atoms with van der Waals surface area (Å²) in [6.07, 6.45) is 1.89. The molecule has 0 aliphatic heterocycles. The van der Waals surface area contributed by atoms with Crippen molar-refractivity contribution in [2.24, 2.45) is 11.3 Å². The average Bonchev–Trinajstić information content (AvgIpc) is 2.60. The van der Waals surface area contributed by atoms with Gasteiger partial charge in [-0.25, -0.2) is 9.59 Å². The van der Waals surface area contributed by atoms with Gasteiger partial charge < -0.3 is 14.6 Å². The van der Waals surface area contributed by atoms with Crippen molar-refractivity contribution < 1.29 is 46.5 Å². The van der Waals surface area contributed by atoms with Gasteiger partial charge in [0.25, 0.3) is 0 Å². The average molecular weight is 400 g/mol. The molecule has 1 aliphatic carbocycles. The van der Waals surface area contributed by atoms with E-state index < -0.39 is 35.8 Å². The Hall–Kier alpha value is -1.87. The number of alkyl halides is 4. The van der Waals surface area contributed by atoms with Crippen LogP contribution in [0.5, 0.6) is 0 Å². The van der Waals surface area contributed by atoms with Gasteiger partial charge in [0.15, 0.2) is 0 Å². The van der Waals surface area contributed by atoms with Gasteiger partial charge in [-0.3, -0.25) is 4.79 Å². The first-order chi connectivity index (χ1) is 12.3. The topological polar surface area (TPSA) is 89.9 Å². The minimum Gasteiger partial charge on any atom is -0.477 e. The van der Waals surface area contributed by atoms with Crippen molar-refractivity contribution in [3.63, 3.8) is 0 Å². The Balaban J connectivity index is 2.49. The second-order valence-electron chi connectivity index (χ2n) is 7.34. The highest BCUT2D eigenvalue weighted by molar-refractivity contribution is 5.89. The normalized spacial score (nSPS) is 21.4. The number of esters is 2. The van der Waals surface area contributed by atoms with Crippen molar-refractivity contribution >= 4 is 17.9 Å². The monoisotopic (exact) mass is 400 g/mol. The summed E-state index contributed by atoms with van der Waals surface area (Å²) in [4.78, 5) is 33.5. The summed E-state index contributed by atoms with van der Waals surface area (Å²) in [5.74, 6) is -17.4. The van der Waals surface area contributed by atoms with Gasteiger partial charge in [-0.05, 0) is 51.9 Å². The summed E-state index contributed by atoms with van der Waals surface area (Å²) in [7, 11) is 0. The van der Waals surface area contributed by atoms with Gasteiger partial charge in [-0.15, -0.1) is 0 Å². The van der Waals surface area contributed by atoms with Gasteiger partial charge in [0.05, 0.1) is 12.0 Å². The van der Waals surface area contributed by atoms with Crippen LogP contribution in [-0.2, 0) is 23.9 Å². The lowest BCUT2D eigenvalue weighted by molar-refractivity contribution is -0.235. The summed E-state index contributed by atoms with van der Waals surface area (Å²) in [5, 5.41) is 8.14. The molecule has 0 aromatic rings. The molecular weight excluding hydrogens is 376 g/mol. The van der Waals surface area contributed by atoms with Crippen LogP contribution >= 0.6 is 0 Å². The SMILES string of the molecule is CCC(C)(C)C(=O)OC1CCC(COC(=O)C(F)(F)C(F)(F)C(=O)O)CC1. The zero-order chi connectivity index (χ0) is 21.0. The second-order valence-corrected chi connectivity index (χ2v) is 7.34. The number of carboxylic acid groups (broad SMARTS) is 1. The van der Waals surface area contributed by atoms with Gasteiger partial charge in [0, 0.05) is 0 Å². The summed E-state index contributed by atoms with van der Waals surface area (Å²) < 4.78 is 62.1. The molecule has 10 heteroatoms. The molecule has 0 amide bonds. The van der Waals surface area contributed by atoms with Crippen LogP contribution in [0, 0.1) is 11.3 Å². The molecule has 1 fully saturated rings. The zero-order valence-corrected chi connectivity index (χ0v) is 15.4. The fourth-order valence-corrected chi connectivity index (χ4v) is 2.42. The quantitative estimate of drug-likeness (QED) is 0.496. The van der Waals surface area contributed by atoms with Gasteiger partial charge >= 0.3 is 29.8 Å². The molecule has 0 aromatic heterocycles. The summed E-state index contributed by atoms with van der Waals surface area (Å²) in [6.45, 7) is 4.84. The highest BCUT2D eigenvalue weighted by atomic mass is 19.3. The van der Waals surface area contributed by atoms with E-state index in [-0.39, 0.29) is 18.0 Å². The minimum absolute atomic E-state index is 0.338. The molecule has 0 spiro atoms. The van der Waals surface area contributed by atoms with E-state index in [1.807, 2.05) is 6.92 Å².